The monoisotopic (exact) mass is 404 g/mol. The second-order valence-electron chi connectivity index (χ2n) is 7.01. The van der Waals surface area contributed by atoms with Gasteiger partial charge < -0.3 is 15.4 Å². The molecule has 1 aromatic heterocycles. The van der Waals surface area contributed by atoms with Crippen molar-refractivity contribution in [1.82, 2.24) is 15.5 Å². The Labute approximate surface area is 170 Å². The standard InChI is InChI=1S/C21H29FN4OS/c1-16(18-6-11-28-15-18)13-24-21(23-2)25-14-20(26-7-9-27-10-8-26)17-4-3-5-19(22)12-17/h3-6,11-12,15-16,20H,7-10,13-14H2,1-2H3,(H2,23,24,25). The van der Waals surface area contributed by atoms with Crippen LogP contribution in [0.15, 0.2) is 46.1 Å². The quantitative estimate of drug-likeness (QED) is 0.550. The van der Waals surface area contributed by atoms with Gasteiger partial charge in [-0.1, -0.05) is 19.1 Å². The maximum atomic E-state index is 13.8. The third-order valence-electron chi connectivity index (χ3n) is 5.09. The van der Waals surface area contributed by atoms with E-state index in [1.165, 1.54) is 11.6 Å². The molecule has 7 heteroatoms. The molecule has 28 heavy (non-hydrogen) atoms. The zero-order chi connectivity index (χ0) is 19.8. The van der Waals surface area contributed by atoms with E-state index in [2.05, 4.69) is 44.3 Å². The highest BCUT2D eigenvalue weighted by Crippen LogP contribution is 2.22. The van der Waals surface area contributed by atoms with Crippen molar-refractivity contribution in [1.29, 1.82) is 0 Å². The zero-order valence-corrected chi connectivity index (χ0v) is 17.3. The number of ether oxygens (including phenoxy) is 1. The topological polar surface area (TPSA) is 48.9 Å². The van der Waals surface area contributed by atoms with Gasteiger partial charge in [0, 0.05) is 33.2 Å². The van der Waals surface area contributed by atoms with Crippen LogP contribution in [0.5, 0.6) is 0 Å². The van der Waals surface area contributed by atoms with Crippen molar-refractivity contribution >= 4 is 17.3 Å². The first-order valence-electron chi connectivity index (χ1n) is 9.71. The summed E-state index contributed by atoms with van der Waals surface area (Å²) in [5.74, 6) is 0.961. The molecule has 1 saturated heterocycles. The van der Waals surface area contributed by atoms with Gasteiger partial charge in [-0.25, -0.2) is 4.39 Å². The van der Waals surface area contributed by atoms with Gasteiger partial charge in [0.05, 0.1) is 19.3 Å². The van der Waals surface area contributed by atoms with Crippen LogP contribution in [-0.4, -0.2) is 57.3 Å². The summed E-state index contributed by atoms with van der Waals surface area (Å²) in [5, 5.41) is 11.1. The number of thiophene rings is 1. The zero-order valence-electron chi connectivity index (χ0n) is 16.5. The van der Waals surface area contributed by atoms with Crippen LogP contribution >= 0.6 is 11.3 Å². The van der Waals surface area contributed by atoms with E-state index in [0.29, 0.717) is 25.7 Å². The molecule has 2 unspecified atom stereocenters. The predicted molar refractivity (Wildman–Crippen MR) is 114 cm³/mol. The molecule has 0 aliphatic carbocycles. The highest BCUT2D eigenvalue weighted by Gasteiger charge is 2.23. The van der Waals surface area contributed by atoms with E-state index in [0.717, 1.165) is 31.2 Å². The summed E-state index contributed by atoms with van der Waals surface area (Å²) in [6.45, 7) is 6.74. The van der Waals surface area contributed by atoms with E-state index < -0.39 is 0 Å². The molecule has 0 bridgehead atoms. The highest BCUT2D eigenvalue weighted by molar-refractivity contribution is 7.07. The molecule has 3 rings (SSSR count). The van der Waals surface area contributed by atoms with Gasteiger partial charge in [-0.05, 0) is 46.0 Å². The number of morpholine rings is 1. The number of benzene rings is 1. The van der Waals surface area contributed by atoms with Crippen LogP contribution in [-0.2, 0) is 4.74 Å². The Kier molecular flexibility index (Phi) is 7.82. The summed E-state index contributed by atoms with van der Waals surface area (Å²) in [7, 11) is 1.77. The smallest absolute Gasteiger partial charge is 0.191 e. The molecule has 1 fully saturated rings. The minimum atomic E-state index is -0.206. The first-order chi connectivity index (χ1) is 13.7. The number of nitrogens with zero attached hydrogens (tertiary/aromatic N) is 2. The first kappa shape index (κ1) is 20.8. The molecule has 152 valence electrons. The second kappa shape index (κ2) is 10.5. The van der Waals surface area contributed by atoms with Gasteiger partial charge in [0.25, 0.3) is 0 Å². The molecule has 2 atom stereocenters. The van der Waals surface area contributed by atoms with E-state index in [1.807, 2.05) is 6.07 Å². The van der Waals surface area contributed by atoms with Gasteiger partial charge >= 0.3 is 0 Å². The summed E-state index contributed by atoms with van der Waals surface area (Å²) in [4.78, 5) is 6.69. The van der Waals surface area contributed by atoms with Crippen molar-refractivity contribution in [2.45, 2.75) is 18.9 Å². The number of halogens is 1. The predicted octanol–water partition coefficient (Wildman–Crippen LogP) is 3.23. The number of hydrogen-bond acceptors (Lipinski definition) is 4. The maximum Gasteiger partial charge on any atom is 0.191 e. The molecule has 1 aliphatic rings. The fourth-order valence-electron chi connectivity index (χ4n) is 3.40. The number of rotatable bonds is 7. The van der Waals surface area contributed by atoms with Crippen LogP contribution in [0, 0.1) is 5.82 Å². The molecular weight excluding hydrogens is 375 g/mol. The Balaban J connectivity index is 1.61. The third kappa shape index (κ3) is 5.77. The number of guanidine groups is 1. The van der Waals surface area contributed by atoms with Crippen molar-refractivity contribution in [2.75, 3.05) is 46.4 Å². The molecule has 0 saturated carbocycles. The van der Waals surface area contributed by atoms with Crippen LogP contribution < -0.4 is 10.6 Å². The molecule has 0 amide bonds. The van der Waals surface area contributed by atoms with Gasteiger partial charge in [0.1, 0.15) is 5.82 Å². The fraction of sp³-hybridized carbons (Fsp3) is 0.476. The van der Waals surface area contributed by atoms with Crippen LogP contribution in [0.25, 0.3) is 0 Å². The van der Waals surface area contributed by atoms with Crippen LogP contribution in [0.3, 0.4) is 0 Å². The summed E-state index contributed by atoms with van der Waals surface area (Å²) >= 11 is 1.72. The molecule has 0 spiro atoms. The molecular formula is C21H29FN4OS. The Bertz CT molecular complexity index is 747. The number of aliphatic imine (C=N–C) groups is 1. The summed E-state index contributed by atoms with van der Waals surface area (Å²) in [6, 6.07) is 9.09. The van der Waals surface area contributed by atoms with Gasteiger partial charge in [-0.3, -0.25) is 9.89 Å². The fourth-order valence-corrected chi connectivity index (χ4v) is 4.18. The minimum absolute atomic E-state index is 0.0625. The largest absolute Gasteiger partial charge is 0.379 e. The van der Waals surface area contributed by atoms with Crippen molar-refractivity contribution in [3.8, 4) is 0 Å². The van der Waals surface area contributed by atoms with Gasteiger partial charge in [-0.15, -0.1) is 0 Å². The molecule has 2 heterocycles. The SMILES string of the molecule is CN=C(NCC(C)c1ccsc1)NCC(c1cccc(F)c1)N1CCOCC1. The maximum absolute atomic E-state index is 13.8. The Morgan fingerprint density at radius 1 is 1.21 bits per heavy atom. The number of nitrogens with one attached hydrogen (secondary N) is 2. The lowest BCUT2D eigenvalue weighted by Gasteiger charge is -2.35. The van der Waals surface area contributed by atoms with Crippen molar-refractivity contribution in [2.24, 2.45) is 4.99 Å². The Morgan fingerprint density at radius 3 is 2.68 bits per heavy atom. The highest BCUT2D eigenvalue weighted by atomic mass is 32.1. The molecule has 2 aromatic rings. The van der Waals surface area contributed by atoms with Gasteiger partial charge in [0.15, 0.2) is 5.96 Å². The van der Waals surface area contributed by atoms with Crippen molar-refractivity contribution < 1.29 is 9.13 Å². The minimum Gasteiger partial charge on any atom is -0.379 e. The van der Waals surface area contributed by atoms with Crippen LogP contribution in [0.2, 0.25) is 0 Å². The molecule has 2 N–H and O–H groups in total. The molecule has 1 aromatic carbocycles. The first-order valence-corrected chi connectivity index (χ1v) is 10.7. The van der Waals surface area contributed by atoms with Gasteiger partial charge in [-0.2, -0.15) is 11.3 Å². The lowest BCUT2D eigenvalue weighted by atomic mass is 10.0. The summed E-state index contributed by atoms with van der Waals surface area (Å²) < 4.78 is 19.3. The van der Waals surface area contributed by atoms with Crippen molar-refractivity contribution in [3.05, 3.63) is 58.0 Å². The average Bonchev–Trinajstić information content (AvgIpc) is 3.26. The molecule has 1 aliphatic heterocycles. The average molecular weight is 405 g/mol. The van der Waals surface area contributed by atoms with Crippen molar-refractivity contribution in [3.63, 3.8) is 0 Å². The van der Waals surface area contributed by atoms with Crippen LogP contribution in [0.4, 0.5) is 4.39 Å². The van der Waals surface area contributed by atoms with E-state index in [-0.39, 0.29) is 11.9 Å². The Hall–Kier alpha value is -1.96. The Morgan fingerprint density at radius 2 is 2.00 bits per heavy atom. The summed E-state index contributed by atoms with van der Waals surface area (Å²) in [6.07, 6.45) is 0. The second-order valence-corrected chi connectivity index (χ2v) is 7.79. The van der Waals surface area contributed by atoms with E-state index in [9.17, 15) is 4.39 Å². The lowest BCUT2D eigenvalue weighted by molar-refractivity contribution is 0.0169. The molecule has 0 radical (unpaired) electrons. The van der Waals surface area contributed by atoms with Crippen LogP contribution in [0.1, 0.15) is 30.0 Å². The van der Waals surface area contributed by atoms with E-state index >= 15 is 0 Å². The number of hydrogen-bond donors (Lipinski definition) is 2. The lowest BCUT2D eigenvalue weighted by Crippen LogP contribution is -2.46. The van der Waals surface area contributed by atoms with E-state index in [1.54, 1.807) is 30.5 Å². The van der Waals surface area contributed by atoms with Gasteiger partial charge in [0.2, 0.25) is 0 Å². The summed E-state index contributed by atoms with van der Waals surface area (Å²) in [5.41, 5.74) is 2.30. The molecule has 5 nitrogen and oxygen atoms in total. The third-order valence-corrected chi connectivity index (χ3v) is 5.80. The normalized spacial score (nSPS) is 17.9. The van der Waals surface area contributed by atoms with E-state index in [4.69, 9.17) is 4.74 Å².